The maximum absolute atomic E-state index is 4.38. The molecule has 1 aromatic heterocycles. The van der Waals surface area contributed by atoms with E-state index in [-0.39, 0.29) is 0 Å². The molecule has 4 heteroatoms. The zero-order valence-electron chi connectivity index (χ0n) is 10.2. The minimum absolute atomic E-state index is 0.879. The minimum atomic E-state index is 0.879. The molecule has 1 rings (SSSR count). The number of hydrogen-bond acceptors (Lipinski definition) is 4. The van der Waals surface area contributed by atoms with E-state index in [1.54, 1.807) is 0 Å². The van der Waals surface area contributed by atoms with Crippen molar-refractivity contribution in [2.24, 2.45) is 0 Å². The first-order valence-corrected chi connectivity index (χ1v) is 7.14. The lowest BCUT2D eigenvalue weighted by Crippen LogP contribution is -2.02. The molecule has 0 aromatic carbocycles. The van der Waals surface area contributed by atoms with E-state index in [0.717, 1.165) is 30.2 Å². The predicted octanol–water partition coefficient (Wildman–Crippen LogP) is 3.33. The number of thioether (sulfide) groups is 1. The third-order valence-electron chi connectivity index (χ3n) is 2.15. The number of aromatic nitrogens is 2. The molecule has 0 aliphatic heterocycles. The Morgan fingerprint density at radius 3 is 2.69 bits per heavy atom. The molecule has 0 bridgehead atoms. The fraction of sp³-hybridized carbons (Fsp3) is 0.667. The summed E-state index contributed by atoms with van der Waals surface area (Å²) in [7, 11) is 0. The molecule has 0 atom stereocenters. The zero-order valence-corrected chi connectivity index (χ0v) is 11.0. The number of hydrogen-bond donors (Lipinski definition) is 1. The zero-order chi connectivity index (χ0) is 11.6. The molecule has 0 spiro atoms. The van der Waals surface area contributed by atoms with Crippen molar-refractivity contribution in [2.75, 3.05) is 17.6 Å². The van der Waals surface area contributed by atoms with Gasteiger partial charge in [-0.3, -0.25) is 4.98 Å². The maximum Gasteiger partial charge on any atom is 0.144 e. The van der Waals surface area contributed by atoms with Crippen molar-refractivity contribution < 1.29 is 0 Å². The summed E-state index contributed by atoms with van der Waals surface area (Å²) in [6.07, 6.45) is 7.35. The average molecular weight is 239 g/mol. The third-order valence-corrected chi connectivity index (χ3v) is 3.23. The SMILES string of the molecule is CCCCSCc1cnc(NCCC)cn1. The molecular weight excluding hydrogens is 218 g/mol. The Labute approximate surface area is 102 Å². The summed E-state index contributed by atoms with van der Waals surface area (Å²) < 4.78 is 0. The fourth-order valence-electron chi connectivity index (χ4n) is 1.20. The van der Waals surface area contributed by atoms with Crippen LogP contribution < -0.4 is 5.32 Å². The van der Waals surface area contributed by atoms with E-state index in [0.29, 0.717) is 0 Å². The molecule has 16 heavy (non-hydrogen) atoms. The Hall–Kier alpha value is -0.770. The van der Waals surface area contributed by atoms with Gasteiger partial charge in [-0.25, -0.2) is 4.98 Å². The van der Waals surface area contributed by atoms with Gasteiger partial charge < -0.3 is 5.32 Å². The van der Waals surface area contributed by atoms with Crippen molar-refractivity contribution in [1.29, 1.82) is 0 Å². The highest BCUT2D eigenvalue weighted by atomic mass is 32.2. The second-order valence-electron chi connectivity index (χ2n) is 3.73. The Morgan fingerprint density at radius 2 is 2.06 bits per heavy atom. The van der Waals surface area contributed by atoms with E-state index in [9.17, 15) is 0 Å². The number of rotatable bonds is 8. The minimum Gasteiger partial charge on any atom is -0.369 e. The van der Waals surface area contributed by atoms with Crippen LogP contribution in [0.2, 0.25) is 0 Å². The molecule has 90 valence electrons. The Morgan fingerprint density at radius 1 is 1.19 bits per heavy atom. The first-order chi connectivity index (χ1) is 7.86. The standard InChI is InChI=1S/C12H21N3S/c1-3-5-7-16-10-11-8-15-12(9-14-11)13-6-4-2/h8-9H,3-7,10H2,1-2H3,(H,13,15). The van der Waals surface area contributed by atoms with Crippen molar-refractivity contribution in [3.05, 3.63) is 18.1 Å². The lowest BCUT2D eigenvalue weighted by molar-refractivity contribution is 0.895. The van der Waals surface area contributed by atoms with E-state index in [2.05, 4.69) is 29.1 Å². The van der Waals surface area contributed by atoms with Gasteiger partial charge in [0, 0.05) is 12.3 Å². The summed E-state index contributed by atoms with van der Waals surface area (Å²) in [4.78, 5) is 8.71. The van der Waals surface area contributed by atoms with E-state index in [1.165, 1.54) is 18.6 Å². The molecule has 1 N–H and O–H groups in total. The Bertz CT molecular complexity index is 274. The topological polar surface area (TPSA) is 37.8 Å². The maximum atomic E-state index is 4.38. The van der Waals surface area contributed by atoms with Crippen molar-refractivity contribution >= 4 is 17.6 Å². The second-order valence-corrected chi connectivity index (χ2v) is 4.83. The van der Waals surface area contributed by atoms with E-state index >= 15 is 0 Å². The molecule has 0 radical (unpaired) electrons. The molecule has 1 heterocycles. The fourth-order valence-corrected chi connectivity index (χ4v) is 2.19. The van der Waals surface area contributed by atoms with Gasteiger partial charge in [-0.1, -0.05) is 20.3 Å². The number of anilines is 1. The molecule has 0 saturated carbocycles. The highest BCUT2D eigenvalue weighted by molar-refractivity contribution is 7.98. The summed E-state index contributed by atoms with van der Waals surface area (Å²) in [6, 6.07) is 0. The van der Waals surface area contributed by atoms with Crippen LogP contribution in [0.25, 0.3) is 0 Å². The molecule has 1 aromatic rings. The third kappa shape index (κ3) is 5.35. The summed E-state index contributed by atoms with van der Waals surface area (Å²) in [5.74, 6) is 3.07. The van der Waals surface area contributed by atoms with Crippen LogP contribution in [0, 0.1) is 0 Å². The van der Waals surface area contributed by atoms with Crippen LogP contribution in [0.1, 0.15) is 38.8 Å². The lowest BCUT2D eigenvalue weighted by Gasteiger charge is -2.04. The quantitative estimate of drug-likeness (QED) is 0.706. The lowest BCUT2D eigenvalue weighted by atomic mass is 10.4. The number of nitrogens with one attached hydrogen (secondary N) is 1. The Kier molecular flexibility index (Phi) is 6.97. The van der Waals surface area contributed by atoms with Crippen LogP contribution in [0.3, 0.4) is 0 Å². The van der Waals surface area contributed by atoms with Crippen molar-refractivity contribution in [2.45, 2.75) is 38.9 Å². The molecule has 0 aliphatic carbocycles. The van der Waals surface area contributed by atoms with E-state index in [1.807, 2.05) is 24.2 Å². The molecule has 0 unspecified atom stereocenters. The van der Waals surface area contributed by atoms with E-state index in [4.69, 9.17) is 0 Å². The van der Waals surface area contributed by atoms with Gasteiger partial charge in [0.15, 0.2) is 0 Å². The summed E-state index contributed by atoms with van der Waals surface area (Å²) in [5, 5.41) is 3.22. The number of unbranched alkanes of at least 4 members (excludes halogenated alkanes) is 1. The van der Waals surface area contributed by atoms with Crippen LogP contribution in [0.15, 0.2) is 12.4 Å². The van der Waals surface area contributed by atoms with Crippen LogP contribution >= 0.6 is 11.8 Å². The van der Waals surface area contributed by atoms with Crippen LogP contribution in [0.5, 0.6) is 0 Å². The van der Waals surface area contributed by atoms with Gasteiger partial charge in [-0.15, -0.1) is 0 Å². The van der Waals surface area contributed by atoms with Crippen molar-refractivity contribution in [3.8, 4) is 0 Å². The molecule has 0 amide bonds. The largest absolute Gasteiger partial charge is 0.369 e. The molecular formula is C12H21N3S. The van der Waals surface area contributed by atoms with Crippen LogP contribution in [-0.2, 0) is 5.75 Å². The van der Waals surface area contributed by atoms with E-state index < -0.39 is 0 Å². The van der Waals surface area contributed by atoms with Crippen LogP contribution in [-0.4, -0.2) is 22.3 Å². The highest BCUT2D eigenvalue weighted by Gasteiger charge is 1.97. The average Bonchev–Trinajstić information content (AvgIpc) is 2.33. The predicted molar refractivity (Wildman–Crippen MR) is 71.9 cm³/mol. The summed E-state index contributed by atoms with van der Waals surface area (Å²) in [6.45, 7) is 5.31. The Balaban J connectivity index is 2.27. The monoisotopic (exact) mass is 239 g/mol. The smallest absolute Gasteiger partial charge is 0.144 e. The van der Waals surface area contributed by atoms with Gasteiger partial charge >= 0.3 is 0 Å². The number of nitrogens with zero attached hydrogens (tertiary/aromatic N) is 2. The van der Waals surface area contributed by atoms with Gasteiger partial charge in [0.05, 0.1) is 18.1 Å². The normalized spacial score (nSPS) is 10.4. The van der Waals surface area contributed by atoms with Gasteiger partial charge in [-0.05, 0) is 18.6 Å². The first kappa shape index (κ1) is 13.3. The summed E-state index contributed by atoms with van der Waals surface area (Å²) in [5.41, 5.74) is 1.07. The van der Waals surface area contributed by atoms with Gasteiger partial charge in [0.25, 0.3) is 0 Å². The van der Waals surface area contributed by atoms with Gasteiger partial charge in [0.2, 0.25) is 0 Å². The van der Waals surface area contributed by atoms with Crippen molar-refractivity contribution in [3.63, 3.8) is 0 Å². The van der Waals surface area contributed by atoms with Gasteiger partial charge in [-0.2, -0.15) is 11.8 Å². The first-order valence-electron chi connectivity index (χ1n) is 5.99. The highest BCUT2D eigenvalue weighted by Crippen LogP contribution is 2.12. The van der Waals surface area contributed by atoms with Gasteiger partial charge in [0.1, 0.15) is 5.82 Å². The second kappa shape index (κ2) is 8.39. The van der Waals surface area contributed by atoms with Crippen LogP contribution in [0.4, 0.5) is 5.82 Å². The molecule has 0 fully saturated rings. The molecule has 0 aliphatic rings. The molecule has 3 nitrogen and oxygen atoms in total. The van der Waals surface area contributed by atoms with Crippen molar-refractivity contribution in [1.82, 2.24) is 9.97 Å². The summed E-state index contributed by atoms with van der Waals surface area (Å²) >= 11 is 1.93. The molecule has 0 saturated heterocycles.